The van der Waals surface area contributed by atoms with Crippen LogP contribution in [0.1, 0.15) is 27.7 Å². The lowest BCUT2D eigenvalue weighted by atomic mass is 9.88. The molecule has 2 aliphatic rings. The molecule has 2 fully saturated rings. The number of ketones is 2. The maximum atomic E-state index is 13.0. The van der Waals surface area contributed by atoms with E-state index < -0.39 is 29.4 Å². The van der Waals surface area contributed by atoms with Crippen LogP contribution in [-0.2, 0) is 14.3 Å². The number of rotatable bonds is 6. The third-order valence-corrected chi connectivity index (χ3v) is 5.63. The molecule has 7 nitrogen and oxygen atoms in total. The van der Waals surface area contributed by atoms with Crippen LogP contribution in [-0.4, -0.2) is 66.7 Å². The number of benzene rings is 1. The van der Waals surface area contributed by atoms with Gasteiger partial charge in [0.15, 0.2) is 5.76 Å². The minimum absolute atomic E-state index is 0.100. The predicted octanol–water partition coefficient (Wildman–Crippen LogP) is 1.87. The Kier molecular flexibility index (Phi) is 5.60. The van der Waals surface area contributed by atoms with Crippen molar-refractivity contribution in [1.29, 1.82) is 0 Å². The van der Waals surface area contributed by atoms with Gasteiger partial charge >= 0.3 is 0 Å². The zero-order valence-electron chi connectivity index (χ0n) is 16.4. The Bertz CT molecular complexity index is 884. The molecular weight excluding hydrogens is 372 g/mol. The Labute approximate surface area is 169 Å². The van der Waals surface area contributed by atoms with E-state index in [0.717, 1.165) is 24.2 Å². The second kappa shape index (κ2) is 8.31. The lowest BCUT2D eigenvalue weighted by Crippen LogP contribution is -2.42. The van der Waals surface area contributed by atoms with Gasteiger partial charge in [0, 0.05) is 26.2 Å². The molecule has 1 aromatic heterocycles. The molecule has 3 heterocycles. The largest absolute Gasteiger partial charge is 0.461 e. The van der Waals surface area contributed by atoms with Gasteiger partial charge in [0.2, 0.25) is 11.6 Å². The van der Waals surface area contributed by atoms with Crippen LogP contribution in [0.2, 0.25) is 0 Å². The van der Waals surface area contributed by atoms with Crippen molar-refractivity contribution < 1.29 is 23.5 Å². The number of ether oxygens (including phenoxy) is 1. The van der Waals surface area contributed by atoms with Crippen LogP contribution in [0, 0.1) is 12.8 Å². The highest BCUT2D eigenvalue weighted by Crippen LogP contribution is 2.38. The normalized spacial score (nSPS) is 23.0. The molecule has 7 heteroatoms. The molecule has 2 aliphatic heterocycles. The van der Waals surface area contributed by atoms with Crippen molar-refractivity contribution in [1.82, 2.24) is 9.80 Å². The standard InChI is InChI=1S/C22H24N2O5/c1-15-4-6-16(7-5-15)19-18(20(25)17-3-2-12-29-17)21(26)22(27)24(19)9-8-23-10-13-28-14-11-23/h2-7,12,18-19H,8-11,13-14H2,1H3. The van der Waals surface area contributed by atoms with Crippen LogP contribution in [0.15, 0.2) is 47.1 Å². The number of carbonyl (C=O) groups is 3. The van der Waals surface area contributed by atoms with E-state index in [1.54, 1.807) is 11.0 Å². The Balaban J connectivity index is 1.64. The van der Waals surface area contributed by atoms with Crippen molar-refractivity contribution in [3.63, 3.8) is 0 Å². The summed E-state index contributed by atoms with van der Waals surface area (Å²) in [7, 11) is 0. The summed E-state index contributed by atoms with van der Waals surface area (Å²) in [6.45, 7) is 5.88. The summed E-state index contributed by atoms with van der Waals surface area (Å²) in [6.07, 6.45) is 1.39. The topological polar surface area (TPSA) is 80.1 Å². The van der Waals surface area contributed by atoms with Crippen LogP contribution in [0.3, 0.4) is 0 Å². The van der Waals surface area contributed by atoms with Crippen LogP contribution in [0.4, 0.5) is 0 Å². The van der Waals surface area contributed by atoms with E-state index in [9.17, 15) is 14.4 Å². The van der Waals surface area contributed by atoms with Gasteiger partial charge in [-0.2, -0.15) is 0 Å². The summed E-state index contributed by atoms with van der Waals surface area (Å²) < 4.78 is 10.6. The fourth-order valence-electron chi connectivity index (χ4n) is 4.01. The summed E-state index contributed by atoms with van der Waals surface area (Å²) in [5.41, 5.74) is 1.85. The van der Waals surface area contributed by atoms with Gasteiger partial charge < -0.3 is 14.1 Å². The average Bonchev–Trinajstić information content (AvgIpc) is 3.36. The van der Waals surface area contributed by atoms with Crippen molar-refractivity contribution in [2.45, 2.75) is 13.0 Å². The highest BCUT2D eigenvalue weighted by molar-refractivity contribution is 6.43. The maximum Gasteiger partial charge on any atom is 0.291 e. The van der Waals surface area contributed by atoms with E-state index in [1.807, 2.05) is 31.2 Å². The fraction of sp³-hybridized carbons (Fsp3) is 0.409. The van der Waals surface area contributed by atoms with E-state index in [1.165, 1.54) is 12.3 Å². The van der Waals surface area contributed by atoms with Gasteiger partial charge in [-0.05, 0) is 24.6 Å². The summed E-state index contributed by atoms with van der Waals surface area (Å²) in [4.78, 5) is 42.5. The molecule has 0 spiro atoms. The molecule has 0 bridgehead atoms. The molecule has 2 atom stereocenters. The number of carbonyl (C=O) groups excluding carboxylic acids is 3. The second-order valence-electron chi connectivity index (χ2n) is 7.49. The smallest absolute Gasteiger partial charge is 0.291 e. The van der Waals surface area contributed by atoms with E-state index >= 15 is 0 Å². The number of hydrogen-bond acceptors (Lipinski definition) is 6. The van der Waals surface area contributed by atoms with Crippen molar-refractivity contribution in [3.8, 4) is 0 Å². The number of Topliss-reactive ketones (excluding diaryl/α,β-unsaturated/α-hetero) is 2. The van der Waals surface area contributed by atoms with Crippen molar-refractivity contribution in [2.24, 2.45) is 5.92 Å². The van der Waals surface area contributed by atoms with Gasteiger partial charge in [-0.25, -0.2) is 0 Å². The van der Waals surface area contributed by atoms with Crippen LogP contribution in [0.5, 0.6) is 0 Å². The molecule has 2 saturated heterocycles. The molecule has 2 unspecified atom stereocenters. The molecule has 1 aromatic carbocycles. The van der Waals surface area contributed by atoms with E-state index in [0.29, 0.717) is 26.3 Å². The first-order chi connectivity index (χ1) is 14.1. The van der Waals surface area contributed by atoms with Crippen LogP contribution in [0.25, 0.3) is 0 Å². The Morgan fingerprint density at radius 2 is 1.79 bits per heavy atom. The van der Waals surface area contributed by atoms with Crippen LogP contribution < -0.4 is 0 Å². The van der Waals surface area contributed by atoms with Gasteiger partial charge in [0.1, 0.15) is 5.92 Å². The van der Waals surface area contributed by atoms with Gasteiger partial charge in [0.25, 0.3) is 5.91 Å². The highest BCUT2D eigenvalue weighted by atomic mass is 16.5. The van der Waals surface area contributed by atoms with Crippen molar-refractivity contribution in [2.75, 3.05) is 39.4 Å². The molecule has 0 N–H and O–H groups in total. The average molecular weight is 396 g/mol. The summed E-state index contributed by atoms with van der Waals surface area (Å²) >= 11 is 0. The molecule has 0 radical (unpaired) electrons. The number of furan rings is 1. The van der Waals surface area contributed by atoms with Crippen LogP contribution >= 0.6 is 0 Å². The molecule has 0 saturated carbocycles. The molecule has 4 rings (SSSR count). The van der Waals surface area contributed by atoms with Gasteiger partial charge in [-0.15, -0.1) is 0 Å². The minimum Gasteiger partial charge on any atom is -0.461 e. The lowest BCUT2D eigenvalue weighted by molar-refractivity contribution is -0.141. The first-order valence-electron chi connectivity index (χ1n) is 9.85. The SMILES string of the molecule is Cc1ccc(C2C(C(=O)c3ccco3)C(=O)C(=O)N2CCN2CCOCC2)cc1. The number of hydrogen-bond donors (Lipinski definition) is 0. The Morgan fingerprint density at radius 1 is 1.07 bits per heavy atom. The number of likely N-dealkylation sites (tertiary alicyclic amines) is 1. The second-order valence-corrected chi connectivity index (χ2v) is 7.49. The maximum absolute atomic E-state index is 13.0. The van der Waals surface area contributed by atoms with E-state index in [2.05, 4.69) is 4.90 Å². The number of aryl methyl sites for hydroxylation is 1. The summed E-state index contributed by atoms with van der Waals surface area (Å²) in [5.74, 6) is -2.72. The fourth-order valence-corrected chi connectivity index (χ4v) is 4.01. The highest BCUT2D eigenvalue weighted by Gasteiger charge is 2.52. The summed E-state index contributed by atoms with van der Waals surface area (Å²) in [6, 6.07) is 10.1. The lowest BCUT2D eigenvalue weighted by Gasteiger charge is -2.31. The van der Waals surface area contributed by atoms with Crippen molar-refractivity contribution >= 4 is 17.5 Å². The predicted molar refractivity (Wildman–Crippen MR) is 104 cm³/mol. The molecule has 2 aromatic rings. The Hall–Kier alpha value is -2.77. The van der Waals surface area contributed by atoms with E-state index in [-0.39, 0.29) is 5.76 Å². The quantitative estimate of drug-likeness (QED) is 0.421. The van der Waals surface area contributed by atoms with Gasteiger partial charge in [0.05, 0.1) is 25.5 Å². The minimum atomic E-state index is -1.10. The molecule has 0 aliphatic carbocycles. The molecule has 152 valence electrons. The van der Waals surface area contributed by atoms with Gasteiger partial charge in [-0.1, -0.05) is 29.8 Å². The van der Waals surface area contributed by atoms with Gasteiger partial charge in [-0.3, -0.25) is 19.3 Å². The molecule has 29 heavy (non-hydrogen) atoms. The molecular formula is C22H24N2O5. The number of amides is 1. The Morgan fingerprint density at radius 3 is 2.45 bits per heavy atom. The first-order valence-corrected chi connectivity index (χ1v) is 9.85. The number of morpholine rings is 1. The van der Waals surface area contributed by atoms with E-state index in [4.69, 9.17) is 9.15 Å². The monoisotopic (exact) mass is 396 g/mol. The zero-order chi connectivity index (χ0) is 20.4. The first kappa shape index (κ1) is 19.5. The zero-order valence-corrected chi connectivity index (χ0v) is 16.4. The third-order valence-electron chi connectivity index (χ3n) is 5.63. The molecule has 1 amide bonds. The number of nitrogens with zero attached hydrogens (tertiary/aromatic N) is 2. The summed E-state index contributed by atoms with van der Waals surface area (Å²) in [5, 5.41) is 0. The third kappa shape index (κ3) is 3.88. The van der Waals surface area contributed by atoms with Crippen molar-refractivity contribution in [3.05, 3.63) is 59.5 Å².